The second-order valence-electron chi connectivity index (χ2n) is 5.66. The van der Waals surface area contributed by atoms with E-state index in [2.05, 4.69) is 5.32 Å². The first-order valence-corrected chi connectivity index (χ1v) is 8.47. The third kappa shape index (κ3) is 3.70. The third-order valence-corrected chi connectivity index (χ3v) is 4.67. The molecule has 1 aliphatic heterocycles. The van der Waals surface area contributed by atoms with E-state index < -0.39 is 24.3 Å². The molecule has 9 heteroatoms. The Morgan fingerprint density at radius 2 is 1.41 bits per heavy atom. The van der Waals surface area contributed by atoms with E-state index in [-0.39, 0.29) is 21.2 Å². The summed E-state index contributed by atoms with van der Waals surface area (Å²) in [5, 5.41) is 2.93. The molecule has 0 radical (unpaired) electrons. The van der Waals surface area contributed by atoms with Gasteiger partial charge in [0.2, 0.25) is 5.91 Å². The zero-order valence-electron chi connectivity index (χ0n) is 14.3. The number of hydrogen-bond donors (Lipinski definition) is 1. The van der Waals surface area contributed by atoms with Gasteiger partial charge in [-0.15, -0.1) is 0 Å². The summed E-state index contributed by atoms with van der Waals surface area (Å²) in [5.74, 6) is -0.805. The zero-order valence-corrected chi connectivity index (χ0v) is 15.9. The number of nitrogens with zero attached hydrogens (tertiary/aromatic N) is 1. The van der Waals surface area contributed by atoms with Gasteiger partial charge in [-0.25, -0.2) is 0 Å². The normalized spacial score (nSPS) is 12.8. The molecule has 0 saturated carbocycles. The average Bonchev–Trinajstić information content (AvgIpc) is 2.86. The van der Waals surface area contributed by atoms with Crippen molar-refractivity contribution in [3.05, 3.63) is 51.5 Å². The number of nitrogens with one attached hydrogen (secondary N) is 1. The van der Waals surface area contributed by atoms with Gasteiger partial charge in [-0.1, -0.05) is 23.2 Å². The molecule has 0 saturated heterocycles. The van der Waals surface area contributed by atoms with E-state index in [1.165, 1.54) is 26.4 Å². The van der Waals surface area contributed by atoms with Crippen LogP contribution in [0.1, 0.15) is 20.7 Å². The van der Waals surface area contributed by atoms with E-state index in [9.17, 15) is 14.4 Å². The number of imide groups is 1. The van der Waals surface area contributed by atoms with Crippen molar-refractivity contribution in [2.45, 2.75) is 0 Å². The van der Waals surface area contributed by atoms with Crippen LogP contribution >= 0.6 is 23.2 Å². The van der Waals surface area contributed by atoms with E-state index in [1.807, 2.05) is 0 Å². The SMILES string of the molecule is COc1cc(NC(=O)CN2C(=O)c3cc(Cl)c(Cl)cc3C2=O)cc(OC)c1. The van der Waals surface area contributed by atoms with E-state index in [1.54, 1.807) is 18.2 Å². The van der Waals surface area contributed by atoms with Crippen LogP contribution < -0.4 is 14.8 Å². The summed E-state index contributed by atoms with van der Waals surface area (Å²) >= 11 is 11.8. The third-order valence-electron chi connectivity index (χ3n) is 3.95. The Hall–Kier alpha value is -2.77. The van der Waals surface area contributed by atoms with Crippen molar-refractivity contribution in [2.75, 3.05) is 26.1 Å². The van der Waals surface area contributed by atoms with Gasteiger partial charge in [0.15, 0.2) is 0 Å². The second-order valence-corrected chi connectivity index (χ2v) is 6.47. The Balaban J connectivity index is 1.77. The van der Waals surface area contributed by atoms with E-state index in [0.29, 0.717) is 17.2 Å². The Kier molecular flexibility index (Phi) is 5.25. The lowest BCUT2D eigenvalue weighted by atomic mass is 10.1. The van der Waals surface area contributed by atoms with Crippen molar-refractivity contribution in [3.8, 4) is 11.5 Å². The largest absolute Gasteiger partial charge is 0.497 e. The molecule has 1 N–H and O–H groups in total. The average molecular weight is 409 g/mol. The van der Waals surface area contributed by atoms with Crippen molar-refractivity contribution in [3.63, 3.8) is 0 Å². The van der Waals surface area contributed by atoms with Crippen molar-refractivity contribution >= 4 is 46.6 Å². The van der Waals surface area contributed by atoms with Crippen molar-refractivity contribution in [1.82, 2.24) is 4.90 Å². The molecular formula is C18H14Cl2N2O5. The summed E-state index contributed by atoms with van der Waals surface area (Å²) in [7, 11) is 2.96. The highest BCUT2D eigenvalue weighted by atomic mass is 35.5. The van der Waals surface area contributed by atoms with Gasteiger partial charge in [0.05, 0.1) is 35.4 Å². The number of benzene rings is 2. The number of rotatable bonds is 5. The summed E-state index contributed by atoms with van der Waals surface area (Å²) in [6.45, 7) is -0.457. The Morgan fingerprint density at radius 3 is 1.85 bits per heavy atom. The fourth-order valence-electron chi connectivity index (χ4n) is 2.65. The molecule has 1 heterocycles. The quantitative estimate of drug-likeness (QED) is 0.767. The van der Waals surface area contributed by atoms with Crippen LogP contribution in [0.3, 0.4) is 0 Å². The molecule has 3 amide bonds. The molecule has 1 aliphatic rings. The Bertz CT molecular complexity index is 898. The maximum atomic E-state index is 12.4. The smallest absolute Gasteiger partial charge is 0.262 e. The number of hydrogen-bond acceptors (Lipinski definition) is 5. The van der Waals surface area contributed by atoms with Gasteiger partial charge in [0.25, 0.3) is 11.8 Å². The van der Waals surface area contributed by atoms with Crippen LogP contribution in [0.5, 0.6) is 11.5 Å². The minimum atomic E-state index is -0.605. The van der Waals surface area contributed by atoms with Gasteiger partial charge in [-0.2, -0.15) is 0 Å². The highest BCUT2D eigenvalue weighted by Gasteiger charge is 2.37. The summed E-state index contributed by atoms with van der Waals surface area (Å²) in [6.07, 6.45) is 0. The number of anilines is 1. The van der Waals surface area contributed by atoms with Crippen LogP contribution in [-0.4, -0.2) is 43.4 Å². The molecule has 0 bridgehead atoms. The van der Waals surface area contributed by atoms with E-state index in [4.69, 9.17) is 32.7 Å². The van der Waals surface area contributed by atoms with Gasteiger partial charge in [0.1, 0.15) is 18.0 Å². The fourth-order valence-corrected chi connectivity index (χ4v) is 2.98. The summed E-state index contributed by atoms with van der Waals surface area (Å²) < 4.78 is 10.3. The molecular weight excluding hydrogens is 395 g/mol. The van der Waals surface area contributed by atoms with Gasteiger partial charge >= 0.3 is 0 Å². The van der Waals surface area contributed by atoms with Gasteiger partial charge in [-0.05, 0) is 12.1 Å². The van der Waals surface area contributed by atoms with Crippen molar-refractivity contribution < 1.29 is 23.9 Å². The van der Waals surface area contributed by atoms with Crippen LogP contribution in [0, 0.1) is 0 Å². The molecule has 0 unspecified atom stereocenters. The highest BCUT2D eigenvalue weighted by molar-refractivity contribution is 6.43. The number of carbonyl (C=O) groups is 3. The lowest BCUT2D eigenvalue weighted by Crippen LogP contribution is -2.37. The highest BCUT2D eigenvalue weighted by Crippen LogP contribution is 2.31. The minimum absolute atomic E-state index is 0.116. The maximum absolute atomic E-state index is 12.4. The summed E-state index contributed by atoms with van der Waals surface area (Å²) in [5.41, 5.74) is 0.634. The van der Waals surface area contributed by atoms with Crippen molar-refractivity contribution in [2.24, 2.45) is 0 Å². The molecule has 0 atom stereocenters. The zero-order chi connectivity index (χ0) is 19.7. The Labute approximate surface area is 164 Å². The first kappa shape index (κ1) is 19.0. The van der Waals surface area contributed by atoms with Gasteiger partial charge < -0.3 is 14.8 Å². The molecule has 2 aromatic carbocycles. The molecule has 0 aliphatic carbocycles. The molecule has 2 aromatic rings. The minimum Gasteiger partial charge on any atom is -0.497 e. The fraction of sp³-hybridized carbons (Fsp3) is 0.167. The number of fused-ring (bicyclic) bond motifs is 1. The topological polar surface area (TPSA) is 84.9 Å². The number of halogens is 2. The molecule has 0 aromatic heterocycles. The standard InChI is InChI=1S/C18H14Cl2N2O5/c1-26-10-3-9(4-11(5-10)27-2)21-16(23)8-22-17(24)12-6-14(19)15(20)7-13(12)18(22)25/h3-7H,8H2,1-2H3,(H,21,23). The Morgan fingerprint density at radius 1 is 0.926 bits per heavy atom. The van der Waals surface area contributed by atoms with Gasteiger partial charge in [0, 0.05) is 23.9 Å². The second kappa shape index (κ2) is 7.46. The van der Waals surface area contributed by atoms with Crippen LogP contribution in [0.2, 0.25) is 10.0 Å². The first-order chi connectivity index (χ1) is 12.8. The lowest BCUT2D eigenvalue weighted by molar-refractivity contribution is -0.116. The summed E-state index contributed by atoms with van der Waals surface area (Å²) in [4.78, 5) is 38.1. The monoisotopic (exact) mass is 408 g/mol. The van der Waals surface area contributed by atoms with Crippen LogP contribution in [-0.2, 0) is 4.79 Å². The van der Waals surface area contributed by atoms with Gasteiger partial charge in [-0.3, -0.25) is 19.3 Å². The lowest BCUT2D eigenvalue weighted by Gasteiger charge is -2.14. The summed E-state index contributed by atoms with van der Waals surface area (Å²) in [6, 6.07) is 7.46. The number of ether oxygens (including phenoxy) is 2. The van der Waals surface area contributed by atoms with E-state index >= 15 is 0 Å². The molecule has 3 rings (SSSR count). The predicted octanol–water partition coefficient (Wildman–Crippen LogP) is 3.25. The maximum Gasteiger partial charge on any atom is 0.262 e. The molecule has 0 fully saturated rings. The number of methoxy groups -OCH3 is 2. The van der Waals surface area contributed by atoms with Crippen LogP contribution in [0.25, 0.3) is 0 Å². The van der Waals surface area contributed by atoms with Crippen LogP contribution in [0.4, 0.5) is 5.69 Å². The van der Waals surface area contributed by atoms with Crippen molar-refractivity contribution in [1.29, 1.82) is 0 Å². The molecule has 0 spiro atoms. The predicted molar refractivity (Wildman–Crippen MR) is 100 cm³/mol. The molecule has 27 heavy (non-hydrogen) atoms. The van der Waals surface area contributed by atoms with Crippen LogP contribution in [0.15, 0.2) is 30.3 Å². The number of carbonyl (C=O) groups excluding carboxylic acids is 3. The molecule has 140 valence electrons. The van der Waals surface area contributed by atoms with E-state index in [0.717, 1.165) is 4.90 Å². The first-order valence-electron chi connectivity index (χ1n) is 7.72. The number of amides is 3. The molecule has 7 nitrogen and oxygen atoms in total.